The summed E-state index contributed by atoms with van der Waals surface area (Å²) in [5.74, 6) is -2.36. The molecule has 26 heavy (non-hydrogen) atoms. The maximum Gasteiger partial charge on any atom is 0.256 e. The molecule has 1 atom stereocenters. The summed E-state index contributed by atoms with van der Waals surface area (Å²) in [6.45, 7) is 0.934. The number of carbonyl (C=O) groups excluding carboxylic acids is 1. The third kappa shape index (κ3) is 4.05. The van der Waals surface area contributed by atoms with Crippen molar-refractivity contribution in [1.82, 2.24) is 15.2 Å². The molecule has 0 aliphatic carbocycles. The summed E-state index contributed by atoms with van der Waals surface area (Å²) >= 11 is 0. The summed E-state index contributed by atoms with van der Waals surface area (Å²) in [4.78, 5) is 18.0. The van der Waals surface area contributed by atoms with E-state index in [9.17, 15) is 18.7 Å². The molecule has 1 saturated heterocycles. The fourth-order valence-corrected chi connectivity index (χ4v) is 3.17. The minimum Gasteiger partial charge on any atom is -0.379 e. The quantitative estimate of drug-likeness (QED) is 0.826. The normalized spacial score (nSPS) is 20.4. The van der Waals surface area contributed by atoms with Crippen LogP contribution >= 0.6 is 0 Å². The maximum absolute atomic E-state index is 13.9. The Bertz CT molecular complexity index is 773. The van der Waals surface area contributed by atoms with Gasteiger partial charge in [-0.15, -0.1) is 0 Å². The molecule has 2 N–H and O–H groups in total. The lowest BCUT2D eigenvalue weighted by atomic mass is 9.91. The van der Waals surface area contributed by atoms with Crippen molar-refractivity contribution in [3.63, 3.8) is 0 Å². The van der Waals surface area contributed by atoms with Crippen molar-refractivity contribution < 1.29 is 18.7 Å². The van der Waals surface area contributed by atoms with Crippen molar-refractivity contribution in [1.29, 1.82) is 0 Å². The Kier molecular flexibility index (Phi) is 5.58. The van der Waals surface area contributed by atoms with Gasteiger partial charge in [-0.05, 0) is 36.6 Å². The highest BCUT2D eigenvalue weighted by molar-refractivity contribution is 5.86. The van der Waals surface area contributed by atoms with Crippen LogP contribution in [-0.2, 0) is 17.9 Å². The Morgan fingerprint density at radius 3 is 2.77 bits per heavy atom. The van der Waals surface area contributed by atoms with E-state index in [0.717, 1.165) is 11.6 Å². The third-order valence-electron chi connectivity index (χ3n) is 4.59. The highest BCUT2D eigenvalue weighted by Gasteiger charge is 2.41. The zero-order chi connectivity index (χ0) is 18.6. The average molecular weight is 361 g/mol. The minimum absolute atomic E-state index is 0.0604. The number of piperidine rings is 1. The minimum atomic E-state index is -1.55. The first kappa shape index (κ1) is 18.4. The number of aliphatic hydroxyl groups is 1. The van der Waals surface area contributed by atoms with Gasteiger partial charge in [0.05, 0.1) is 0 Å². The number of carbonyl (C=O) groups is 1. The molecule has 0 radical (unpaired) electrons. The summed E-state index contributed by atoms with van der Waals surface area (Å²) in [6.07, 6.45) is 4.27. The predicted octanol–water partition coefficient (Wildman–Crippen LogP) is 2.00. The van der Waals surface area contributed by atoms with E-state index in [4.69, 9.17) is 0 Å². The number of amides is 1. The molecule has 2 aromatic rings. The average Bonchev–Trinajstić information content (AvgIpc) is 2.64. The van der Waals surface area contributed by atoms with Gasteiger partial charge in [0.2, 0.25) is 0 Å². The second-order valence-electron chi connectivity index (χ2n) is 6.53. The van der Waals surface area contributed by atoms with Gasteiger partial charge in [-0.1, -0.05) is 12.1 Å². The van der Waals surface area contributed by atoms with Crippen molar-refractivity contribution in [2.45, 2.75) is 31.5 Å². The number of rotatable bonds is 6. The standard InChI is InChI=1S/C19H21F2N3O2/c20-16-4-1-3-15(17(16)21)12-24-10-2-7-19(26,18(24)25)13-23-11-14-5-8-22-9-6-14/h1,3-6,8-9,23,26H,2,7,10-13H2. The molecule has 5 nitrogen and oxygen atoms in total. The monoisotopic (exact) mass is 361 g/mol. The topological polar surface area (TPSA) is 65.5 Å². The predicted molar refractivity (Wildman–Crippen MR) is 91.9 cm³/mol. The molecule has 1 aliphatic heterocycles. The van der Waals surface area contributed by atoms with E-state index >= 15 is 0 Å². The largest absolute Gasteiger partial charge is 0.379 e. The number of nitrogens with zero attached hydrogens (tertiary/aromatic N) is 2. The van der Waals surface area contributed by atoms with E-state index in [1.54, 1.807) is 12.4 Å². The van der Waals surface area contributed by atoms with Crippen molar-refractivity contribution in [3.8, 4) is 0 Å². The van der Waals surface area contributed by atoms with E-state index in [1.807, 2.05) is 12.1 Å². The lowest BCUT2D eigenvalue weighted by Crippen LogP contribution is -2.57. The van der Waals surface area contributed by atoms with Gasteiger partial charge in [0, 0.05) is 44.1 Å². The number of aromatic nitrogens is 1. The van der Waals surface area contributed by atoms with Crippen LogP contribution in [0.5, 0.6) is 0 Å². The van der Waals surface area contributed by atoms with Crippen LogP contribution < -0.4 is 5.32 Å². The number of benzene rings is 1. The molecule has 1 amide bonds. The van der Waals surface area contributed by atoms with Gasteiger partial charge in [-0.2, -0.15) is 0 Å². The van der Waals surface area contributed by atoms with E-state index in [2.05, 4.69) is 10.3 Å². The fraction of sp³-hybridized carbons (Fsp3) is 0.368. The highest BCUT2D eigenvalue weighted by atomic mass is 19.2. The van der Waals surface area contributed by atoms with Gasteiger partial charge in [0.1, 0.15) is 0 Å². The van der Waals surface area contributed by atoms with Crippen LogP contribution in [0.1, 0.15) is 24.0 Å². The van der Waals surface area contributed by atoms with Crippen LogP contribution in [0.4, 0.5) is 8.78 Å². The molecule has 1 unspecified atom stereocenters. The van der Waals surface area contributed by atoms with E-state index < -0.39 is 23.1 Å². The molecule has 0 bridgehead atoms. The van der Waals surface area contributed by atoms with E-state index in [0.29, 0.717) is 25.9 Å². The Morgan fingerprint density at radius 1 is 1.23 bits per heavy atom. The first-order valence-electron chi connectivity index (χ1n) is 8.54. The van der Waals surface area contributed by atoms with Gasteiger partial charge in [0.15, 0.2) is 17.2 Å². The molecule has 1 aliphatic rings. The van der Waals surface area contributed by atoms with Gasteiger partial charge >= 0.3 is 0 Å². The van der Waals surface area contributed by atoms with Crippen molar-refractivity contribution >= 4 is 5.91 Å². The molecule has 1 aromatic carbocycles. The number of hydrogen-bond donors (Lipinski definition) is 2. The molecule has 7 heteroatoms. The lowest BCUT2D eigenvalue weighted by molar-refractivity contribution is -0.157. The Hall–Kier alpha value is -2.38. The van der Waals surface area contributed by atoms with Gasteiger partial charge in [-0.25, -0.2) is 8.78 Å². The zero-order valence-corrected chi connectivity index (χ0v) is 14.3. The molecule has 138 valence electrons. The number of nitrogens with one attached hydrogen (secondary N) is 1. The second-order valence-corrected chi connectivity index (χ2v) is 6.53. The number of pyridine rings is 1. The smallest absolute Gasteiger partial charge is 0.256 e. The van der Waals surface area contributed by atoms with Crippen molar-refractivity contribution in [3.05, 3.63) is 65.5 Å². The van der Waals surface area contributed by atoms with E-state index in [-0.39, 0.29) is 18.7 Å². The molecule has 3 rings (SSSR count). The number of hydrogen-bond acceptors (Lipinski definition) is 4. The molecule has 1 aromatic heterocycles. The van der Waals surface area contributed by atoms with Gasteiger partial charge in [0.25, 0.3) is 5.91 Å². The van der Waals surface area contributed by atoms with Gasteiger partial charge in [-0.3, -0.25) is 9.78 Å². The number of likely N-dealkylation sites (tertiary alicyclic amines) is 1. The molecule has 2 heterocycles. The number of halogens is 2. The van der Waals surface area contributed by atoms with Crippen LogP contribution in [0, 0.1) is 11.6 Å². The highest BCUT2D eigenvalue weighted by Crippen LogP contribution is 2.25. The Labute approximate surface area is 150 Å². The lowest BCUT2D eigenvalue weighted by Gasteiger charge is -2.38. The summed E-state index contributed by atoms with van der Waals surface area (Å²) < 4.78 is 27.2. The van der Waals surface area contributed by atoms with Crippen LogP contribution in [0.15, 0.2) is 42.7 Å². The molecule has 0 saturated carbocycles. The third-order valence-corrected chi connectivity index (χ3v) is 4.59. The van der Waals surface area contributed by atoms with Crippen molar-refractivity contribution in [2.24, 2.45) is 0 Å². The molecule has 0 spiro atoms. The van der Waals surface area contributed by atoms with E-state index in [1.165, 1.54) is 17.0 Å². The van der Waals surface area contributed by atoms with Crippen LogP contribution in [0.3, 0.4) is 0 Å². The summed E-state index contributed by atoms with van der Waals surface area (Å²) in [6, 6.07) is 7.58. The summed E-state index contributed by atoms with van der Waals surface area (Å²) in [5.41, 5.74) is -0.451. The Balaban J connectivity index is 1.63. The first-order valence-corrected chi connectivity index (χ1v) is 8.54. The molecule has 1 fully saturated rings. The second kappa shape index (κ2) is 7.88. The zero-order valence-electron chi connectivity index (χ0n) is 14.3. The van der Waals surface area contributed by atoms with Gasteiger partial charge < -0.3 is 15.3 Å². The fourth-order valence-electron chi connectivity index (χ4n) is 3.17. The maximum atomic E-state index is 13.9. The molecular formula is C19H21F2N3O2. The molecular weight excluding hydrogens is 340 g/mol. The summed E-state index contributed by atoms with van der Waals surface area (Å²) in [7, 11) is 0. The van der Waals surface area contributed by atoms with Crippen LogP contribution in [0.2, 0.25) is 0 Å². The first-order chi connectivity index (χ1) is 12.5. The Morgan fingerprint density at radius 2 is 2.00 bits per heavy atom. The van der Waals surface area contributed by atoms with Crippen LogP contribution in [0.25, 0.3) is 0 Å². The SMILES string of the molecule is O=C1N(Cc2cccc(F)c2F)CCCC1(O)CNCc1ccncc1. The van der Waals surface area contributed by atoms with Crippen LogP contribution in [-0.4, -0.2) is 39.6 Å². The summed E-state index contributed by atoms with van der Waals surface area (Å²) in [5, 5.41) is 13.8. The van der Waals surface area contributed by atoms with Crippen molar-refractivity contribution in [2.75, 3.05) is 13.1 Å².